The number of rotatable bonds is 5. The van der Waals surface area contributed by atoms with Crippen LogP contribution in [0.2, 0.25) is 0 Å². The molecule has 6 nitrogen and oxygen atoms in total. The fourth-order valence-electron chi connectivity index (χ4n) is 3.35. The molecule has 0 atom stereocenters. The predicted octanol–water partition coefficient (Wildman–Crippen LogP) is 6.38. The Balaban J connectivity index is 1.59. The second-order valence-corrected chi connectivity index (χ2v) is 7.88. The van der Waals surface area contributed by atoms with Gasteiger partial charge in [-0.05, 0) is 48.5 Å². The molecular weight excluding hydrogens is 427 g/mol. The van der Waals surface area contributed by atoms with Gasteiger partial charge in [0.15, 0.2) is 0 Å². The first-order valence-corrected chi connectivity index (χ1v) is 10.6. The summed E-state index contributed by atoms with van der Waals surface area (Å²) in [6.45, 7) is 0. The zero-order valence-corrected chi connectivity index (χ0v) is 17.4. The van der Waals surface area contributed by atoms with Crippen LogP contribution in [0.1, 0.15) is 0 Å². The molecule has 0 aliphatic heterocycles. The Labute approximate surface area is 186 Å². The zero-order valence-electron chi connectivity index (χ0n) is 16.6. The second kappa shape index (κ2) is 8.16. The van der Waals surface area contributed by atoms with Crippen molar-refractivity contribution in [1.82, 2.24) is 14.8 Å². The minimum atomic E-state index is -0.427. The van der Waals surface area contributed by atoms with Gasteiger partial charge in [0.2, 0.25) is 0 Å². The molecule has 3 aromatic carbocycles. The lowest BCUT2D eigenvalue weighted by Crippen LogP contribution is -1.94. The van der Waals surface area contributed by atoms with Gasteiger partial charge in [-0.25, -0.2) is 14.1 Å². The van der Waals surface area contributed by atoms with Crippen molar-refractivity contribution >= 4 is 17.0 Å². The van der Waals surface area contributed by atoms with Gasteiger partial charge in [0.05, 0.1) is 21.9 Å². The Morgan fingerprint density at radius 3 is 2.28 bits per heavy atom. The monoisotopic (exact) mass is 442 g/mol. The number of halogens is 1. The molecule has 2 aromatic heterocycles. The summed E-state index contributed by atoms with van der Waals surface area (Å²) in [4.78, 5) is 15.2. The zero-order chi connectivity index (χ0) is 22.1. The van der Waals surface area contributed by atoms with Gasteiger partial charge in [-0.2, -0.15) is 5.10 Å². The number of nitro benzene ring substituents is 1. The van der Waals surface area contributed by atoms with Crippen LogP contribution in [0, 0.1) is 15.9 Å². The lowest BCUT2D eigenvalue weighted by Gasteiger charge is -2.01. The van der Waals surface area contributed by atoms with E-state index in [1.165, 1.54) is 35.6 Å². The van der Waals surface area contributed by atoms with Gasteiger partial charge in [-0.15, -0.1) is 11.3 Å². The number of hydrogen-bond acceptors (Lipinski definition) is 5. The highest BCUT2D eigenvalue weighted by molar-refractivity contribution is 7.13. The highest BCUT2D eigenvalue weighted by atomic mass is 32.1. The Hall–Kier alpha value is -4.17. The molecule has 0 bridgehead atoms. The minimum absolute atomic E-state index is 0.0342. The average molecular weight is 442 g/mol. The number of non-ortho nitro benzene ring substituents is 1. The lowest BCUT2D eigenvalue weighted by molar-refractivity contribution is -0.384. The van der Waals surface area contributed by atoms with E-state index >= 15 is 0 Å². The molecule has 156 valence electrons. The van der Waals surface area contributed by atoms with Crippen LogP contribution in [-0.4, -0.2) is 19.7 Å². The van der Waals surface area contributed by atoms with E-state index in [9.17, 15) is 14.5 Å². The van der Waals surface area contributed by atoms with Crippen LogP contribution in [0.25, 0.3) is 38.8 Å². The van der Waals surface area contributed by atoms with Crippen molar-refractivity contribution in [3.05, 3.63) is 106 Å². The number of aromatic nitrogens is 3. The molecule has 0 aliphatic rings. The molecule has 0 fully saturated rings. The van der Waals surface area contributed by atoms with E-state index in [0.29, 0.717) is 5.69 Å². The van der Waals surface area contributed by atoms with Crippen LogP contribution < -0.4 is 0 Å². The third-order valence-corrected chi connectivity index (χ3v) is 5.84. The normalized spacial score (nSPS) is 10.9. The Morgan fingerprint density at radius 2 is 1.59 bits per heavy atom. The van der Waals surface area contributed by atoms with Crippen LogP contribution in [-0.2, 0) is 0 Å². The third-order valence-electron chi connectivity index (χ3n) is 4.96. The largest absolute Gasteiger partial charge is 0.269 e. The van der Waals surface area contributed by atoms with Gasteiger partial charge in [0.1, 0.15) is 16.5 Å². The number of para-hydroxylation sites is 1. The van der Waals surface area contributed by atoms with Gasteiger partial charge in [0, 0.05) is 34.8 Å². The second-order valence-electron chi connectivity index (χ2n) is 7.02. The number of benzene rings is 3. The summed E-state index contributed by atoms with van der Waals surface area (Å²) >= 11 is 1.46. The van der Waals surface area contributed by atoms with Gasteiger partial charge in [0.25, 0.3) is 5.69 Å². The van der Waals surface area contributed by atoms with Gasteiger partial charge in [-0.1, -0.05) is 18.2 Å². The first kappa shape index (κ1) is 19.8. The molecule has 0 spiro atoms. The molecule has 0 saturated heterocycles. The maximum atomic E-state index is 13.5. The molecular formula is C24H15FN4O2S. The predicted molar refractivity (Wildman–Crippen MR) is 122 cm³/mol. The van der Waals surface area contributed by atoms with E-state index in [0.717, 1.165) is 33.1 Å². The lowest BCUT2D eigenvalue weighted by atomic mass is 10.1. The molecule has 8 heteroatoms. The summed E-state index contributed by atoms with van der Waals surface area (Å²) in [6, 6.07) is 22.2. The summed E-state index contributed by atoms with van der Waals surface area (Å²) in [6.07, 6.45) is 1.91. The Kier molecular flexibility index (Phi) is 5.04. The summed E-state index contributed by atoms with van der Waals surface area (Å²) in [5.74, 6) is -0.313. The van der Waals surface area contributed by atoms with Crippen LogP contribution in [0.5, 0.6) is 0 Å². The molecule has 32 heavy (non-hydrogen) atoms. The van der Waals surface area contributed by atoms with Crippen molar-refractivity contribution in [3.8, 4) is 38.8 Å². The average Bonchev–Trinajstić information content (AvgIpc) is 3.48. The minimum Gasteiger partial charge on any atom is -0.258 e. The number of nitro groups is 1. The number of hydrogen-bond donors (Lipinski definition) is 0. The van der Waals surface area contributed by atoms with Crippen molar-refractivity contribution in [2.24, 2.45) is 0 Å². The van der Waals surface area contributed by atoms with Crippen LogP contribution in [0.4, 0.5) is 10.1 Å². The molecule has 5 rings (SSSR count). The summed E-state index contributed by atoms with van der Waals surface area (Å²) in [5.41, 5.74) is 4.73. The van der Waals surface area contributed by atoms with E-state index in [2.05, 4.69) is 0 Å². The van der Waals surface area contributed by atoms with E-state index in [1.807, 2.05) is 41.9 Å². The molecule has 0 radical (unpaired) electrons. The van der Waals surface area contributed by atoms with Gasteiger partial charge in [-0.3, -0.25) is 10.1 Å². The Bertz CT molecular complexity index is 1390. The topological polar surface area (TPSA) is 73.8 Å². The number of nitrogens with zero attached hydrogens (tertiary/aromatic N) is 4. The molecule has 0 saturated carbocycles. The third kappa shape index (κ3) is 3.79. The van der Waals surface area contributed by atoms with Crippen molar-refractivity contribution in [2.75, 3.05) is 0 Å². The molecule has 0 amide bonds. The van der Waals surface area contributed by atoms with E-state index < -0.39 is 4.92 Å². The fourth-order valence-corrected chi connectivity index (χ4v) is 4.19. The maximum Gasteiger partial charge on any atom is 0.269 e. The van der Waals surface area contributed by atoms with Crippen LogP contribution >= 0.6 is 11.3 Å². The van der Waals surface area contributed by atoms with E-state index in [1.54, 1.807) is 28.9 Å². The number of thiazole rings is 1. The standard InChI is InChI=1S/C24H15FN4O2S/c25-18-10-6-17(7-11-18)23-21(14-28(27-23)19-4-2-1-3-5-19)24-26-22(15-32-24)16-8-12-20(13-9-16)29(30)31/h1-15H. The SMILES string of the molecule is O=[N+]([O-])c1ccc(-c2csc(-c3cn(-c4ccccc4)nc3-c3ccc(F)cc3)n2)cc1. The smallest absolute Gasteiger partial charge is 0.258 e. The molecule has 0 N–H and O–H groups in total. The summed E-state index contributed by atoms with van der Waals surface area (Å²) < 4.78 is 15.3. The quantitative estimate of drug-likeness (QED) is 0.234. The summed E-state index contributed by atoms with van der Waals surface area (Å²) in [7, 11) is 0. The van der Waals surface area contributed by atoms with Crippen molar-refractivity contribution in [2.45, 2.75) is 0 Å². The highest BCUT2D eigenvalue weighted by Crippen LogP contribution is 2.36. The summed E-state index contributed by atoms with van der Waals surface area (Å²) in [5, 5.41) is 18.3. The van der Waals surface area contributed by atoms with E-state index in [-0.39, 0.29) is 11.5 Å². The van der Waals surface area contributed by atoms with Crippen LogP contribution in [0.3, 0.4) is 0 Å². The van der Waals surface area contributed by atoms with E-state index in [4.69, 9.17) is 10.1 Å². The maximum absolute atomic E-state index is 13.5. The highest BCUT2D eigenvalue weighted by Gasteiger charge is 2.18. The molecule has 0 aliphatic carbocycles. The van der Waals surface area contributed by atoms with Crippen LogP contribution in [0.15, 0.2) is 90.4 Å². The first-order valence-electron chi connectivity index (χ1n) is 9.70. The Morgan fingerprint density at radius 1 is 0.906 bits per heavy atom. The first-order chi connectivity index (χ1) is 15.6. The van der Waals surface area contributed by atoms with Crippen molar-refractivity contribution in [3.63, 3.8) is 0 Å². The van der Waals surface area contributed by atoms with Crippen molar-refractivity contribution in [1.29, 1.82) is 0 Å². The molecule has 0 unspecified atom stereocenters. The fraction of sp³-hybridized carbons (Fsp3) is 0. The van der Waals surface area contributed by atoms with Gasteiger partial charge < -0.3 is 0 Å². The molecule has 5 aromatic rings. The molecule has 2 heterocycles. The van der Waals surface area contributed by atoms with Crippen molar-refractivity contribution < 1.29 is 9.31 Å². The van der Waals surface area contributed by atoms with Gasteiger partial charge >= 0.3 is 0 Å².